The van der Waals surface area contributed by atoms with E-state index in [1.54, 1.807) is 32.4 Å². The van der Waals surface area contributed by atoms with Gasteiger partial charge in [-0.05, 0) is 30.3 Å². The lowest BCUT2D eigenvalue weighted by atomic mass is 10.2. The van der Waals surface area contributed by atoms with Crippen LogP contribution in [0.5, 0.6) is 11.5 Å². The highest BCUT2D eigenvalue weighted by atomic mass is 35.5. The molecule has 0 saturated heterocycles. The van der Waals surface area contributed by atoms with Gasteiger partial charge in [-0.25, -0.2) is 13.4 Å². The first-order valence-electron chi connectivity index (χ1n) is 8.89. The third kappa shape index (κ3) is 3.73. The van der Waals surface area contributed by atoms with Crippen LogP contribution in [0.2, 0.25) is 5.02 Å². The van der Waals surface area contributed by atoms with E-state index in [2.05, 4.69) is 0 Å². The van der Waals surface area contributed by atoms with Crippen molar-refractivity contribution in [3.8, 4) is 22.1 Å². The predicted octanol–water partition coefficient (Wildman–Crippen LogP) is 4.23. The number of thiazole rings is 1. The molecule has 0 bridgehead atoms. The summed E-state index contributed by atoms with van der Waals surface area (Å²) in [6.07, 6.45) is 0.558. The Balaban J connectivity index is 1.64. The van der Waals surface area contributed by atoms with Gasteiger partial charge in [-0.3, -0.25) is 0 Å². The van der Waals surface area contributed by atoms with Crippen molar-refractivity contribution >= 4 is 33.0 Å². The third-order valence-electron chi connectivity index (χ3n) is 4.78. The Labute approximate surface area is 178 Å². The summed E-state index contributed by atoms with van der Waals surface area (Å²) in [7, 11) is -0.487. The topological polar surface area (TPSA) is 68.7 Å². The minimum atomic E-state index is -3.67. The third-order valence-corrected chi connectivity index (χ3v) is 8.26. The fourth-order valence-electron chi connectivity index (χ4n) is 3.26. The molecule has 1 aliphatic rings. The molecule has 4 rings (SSSR count). The highest BCUT2D eigenvalue weighted by molar-refractivity contribution is 7.89. The number of methoxy groups -OCH3 is 2. The van der Waals surface area contributed by atoms with Crippen LogP contribution in [0.3, 0.4) is 0 Å². The lowest BCUT2D eigenvalue weighted by Crippen LogP contribution is -2.35. The van der Waals surface area contributed by atoms with Gasteiger partial charge in [-0.2, -0.15) is 4.31 Å². The maximum absolute atomic E-state index is 13.0. The fraction of sp³-hybridized carbons (Fsp3) is 0.250. The number of ether oxygens (including phenoxy) is 2. The van der Waals surface area contributed by atoms with E-state index in [9.17, 15) is 8.42 Å². The molecule has 0 N–H and O–H groups in total. The molecule has 0 atom stereocenters. The monoisotopic (exact) mass is 450 g/mol. The molecule has 9 heteroatoms. The van der Waals surface area contributed by atoms with E-state index in [1.165, 1.54) is 21.7 Å². The van der Waals surface area contributed by atoms with Crippen LogP contribution in [-0.4, -0.2) is 38.5 Å². The van der Waals surface area contributed by atoms with E-state index >= 15 is 0 Å². The maximum Gasteiger partial charge on any atom is 0.244 e. The number of hydrogen-bond donors (Lipinski definition) is 0. The van der Waals surface area contributed by atoms with Gasteiger partial charge in [-0.1, -0.05) is 23.7 Å². The van der Waals surface area contributed by atoms with E-state index in [-0.39, 0.29) is 16.5 Å². The number of benzene rings is 2. The minimum absolute atomic E-state index is 0.134. The van der Waals surface area contributed by atoms with Crippen LogP contribution in [0.15, 0.2) is 47.4 Å². The largest absolute Gasteiger partial charge is 0.493 e. The van der Waals surface area contributed by atoms with Crippen molar-refractivity contribution in [3.63, 3.8) is 0 Å². The fourth-order valence-corrected chi connectivity index (χ4v) is 6.37. The quantitative estimate of drug-likeness (QED) is 0.582. The Kier molecular flexibility index (Phi) is 5.52. The van der Waals surface area contributed by atoms with Crippen LogP contribution in [-0.2, 0) is 23.0 Å². The molecule has 3 aromatic rings. The van der Waals surface area contributed by atoms with Crippen LogP contribution < -0.4 is 9.47 Å². The molecular formula is C20H19ClN2O4S2. The highest BCUT2D eigenvalue weighted by Crippen LogP contribution is 2.37. The summed E-state index contributed by atoms with van der Waals surface area (Å²) in [5, 5.41) is 1.06. The van der Waals surface area contributed by atoms with Gasteiger partial charge in [0, 0.05) is 23.4 Å². The Morgan fingerprint density at radius 2 is 1.86 bits per heavy atom. The van der Waals surface area contributed by atoms with Crippen molar-refractivity contribution in [2.75, 3.05) is 20.8 Å². The van der Waals surface area contributed by atoms with E-state index in [0.717, 1.165) is 21.1 Å². The molecular weight excluding hydrogens is 432 g/mol. The molecule has 2 heterocycles. The molecule has 0 aliphatic carbocycles. The molecule has 152 valence electrons. The zero-order valence-electron chi connectivity index (χ0n) is 15.9. The number of fused-ring (bicyclic) bond motifs is 1. The van der Waals surface area contributed by atoms with Gasteiger partial charge in [0.25, 0.3) is 0 Å². The average Bonchev–Trinajstić information content (AvgIpc) is 3.16. The van der Waals surface area contributed by atoms with Crippen molar-refractivity contribution in [2.45, 2.75) is 17.9 Å². The van der Waals surface area contributed by atoms with Crippen LogP contribution in [0.1, 0.15) is 10.6 Å². The Bertz CT molecular complexity index is 1160. The molecule has 29 heavy (non-hydrogen) atoms. The first-order chi connectivity index (χ1) is 13.9. The summed E-state index contributed by atoms with van der Waals surface area (Å²) in [6.45, 7) is 0.656. The van der Waals surface area contributed by atoms with Crippen molar-refractivity contribution in [3.05, 3.63) is 58.1 Å². The standard InChI is InChI=1S/C20H19ClN2O4S2/c1-26-16-8-7-13(11-17(16)27-2)20-22-15-9-10-23(12-18(15)28-20)29(24,25)19-6-4-3-5-14(19)21/h3-8,11H,9-10,12H2,1-2H3. The van der Waals surface area contributed by atoms with Crippen LogP contribution in [0.25, 0.3) is 10.6 Å². The van der Waals surface area contributed by atoms with E-state index < -0.39 is 10.0 Å². The van der Waals surface area contributed by atoms with Crippen LogP contribution in [0.4, 0.5) is 0 Å². The number of rotatable bonds is 5. The molecule has 0 spiro atoms. The van der Waals surface area contributed by atoms with E-state index in [4.69, 9.17) is 26.1 Å². The van der Waals surface area contributed by atoms with Crippen molar-refractivity contribution < 1.29 is 17.9 Å². The van der Waals surface area contributed by atoms with Gasteiger partial charge in [0.05, 0.1) is 31.5 Å². The highest BCUT2D eigenvalue weighted by Gasteiger charge is 2.31. The second-order valence-corrected chi connectivity index (χ2v) is 9.87. The molecule has 0 unspecified atom stereocenters. The van der Waals surface area contributed by atoms with Crippen molar-refractivity contribution in [2.24, 2.45) is 0 Å². The maximum atomic E-state index is 13.0. The Morgan fingerprint density at radius 3 is 2.59 bits per heavy atom. The molecule has 0 saturated carbocycles. The van der Waals surface area contributed by atoms with E-state index in [0.29, 0.717) is 24.5 Å². The number of nitrogens with zero attached hydrogens (tertiary/aromatic N) is 2. The summed E-state index contributed by atoms with van der Waals surface area (Å²) < 4.78 is 38.2. The summed E-state index contributed by atoms with van der Waals surface area (Å²) in [5.74, 6) is 1.27. The number of aromatic nitrogens is 1. The first-order valence-corrected chi connectivity index (χ1v) is 11.5. The van der Waals surface area contributed by atoms with Gasteiger partial charge in [0.15, 0.2) is 11.5 Å². The lowest BCUT2D eigenvalue weighted by Gasteiger charge is -2.25. The van der Waals surface area contributed by atoms with E-state index in [1.807, 2.05) is 18.2 Å². The van der Waals surface area contributed by atoms with Gasteiger partial charge in [0.1, 0.15) is 9.90 Å². The zero-order chi connectivity index (χ0) is 20.6. The lowest BCUT2D eigenvalue weighted by molar-refractivity contribution is 0.355. The zero-order valence-corrected chi connectivity index (χ0v) is 18.3. The summed E-state index contributed by atoms with van der Waals surface area (Å²) in [6, 6.07) is 12.2. The smallest absolute Gasteiger partial charge is 0.244 e. The SMILES string of the molecule is COc1ccc(-c2nc3c(s2)CN(S(=O)(=O)c2ccccc2Cl)CC3)cc1OC. The number of hydrogen-bond acceptors (Lipinski definition) is 6. The summed E-state index contributed by atoms with van der Waals surface area (Å²) >= 11 is 7.62. The van der Waals surface area contributed by atoms with Crippen molar-refractivity contribution in [1.29, 1.82) is 0 Å². The minimum Gasteiger partial charge on any atom is -0.493 e. The molecule has 1 aliphatic heterocycles. The normalized spacial score (nSPS) is 14.4. The second-order valence-electron chi connectivity index (χ2n) is 6.48. The second kappa shape index (κ2) is 7.95. The number of sulfonamides is 1. The Hall–Kier alpha value is -2.13. The molecule has 6 nitrogen and oxygen atoms in total. The first kappa shape index (κ1) is 20.2. The summed E-state index contributed by atoms with van der Waals surface area (Å²) in [4.78, 5) is 5.81. The average molecular weight is 451 g/mol. The van der Waals surface area contributed by atoms with Crippen molar-refractivity contribution in [1.82, 2.24) is 9.29 Å². The molecule has 0 fully saturated rings. The molecule has 0 amide bonds. The molecule has 1 aromatic heterocycles. The predicted molar refractivity (Wildman–Crippen MR) is 113 cm³/mol. The Morgan fingerprint density at radius 1 is 1.10 bits per heavy atom. The summed E-state index contributed by atoms with van der Waals surface area (Å²) in [5.41, 5.74) is 1.84. The molecule has 0 radical (unpaired) electrons. The van der Waals surface area contributed by atoms with Crippen LogP contribution >= 0.6 is 22.9 Å². The molecule has 2 aromatic carbocycles. The van der Waals surface area contributed by atoms with Gasteiger partial charge in [-0.15, -0.1) is 11.3 Å². The van der Waals surface area contributed by atoms with Crippen LogP contribution in [0, 0.1) is 0 Å². The van der Waals surface area contributed by atoms with Gasteiger partial charge >= 0.3 is 0 Å². The number of halogens is 1. The van der Waals surface area contributed by atoms with Gasteiger partial charge in [0.2, 0.25) is 10.0 Å². The van der Waals surface area contributed by atoms with Gasteiger partial charge < -0.3 is 9.47 Å².